The number of hydrogen-bond donors (Lipinski definition) is 2. The fraction of sp³-hybridized carbons (Fsp3) is 0.550. The molecule has 0 unspecified atom stereocenters. The van der Waals surface area contributed by atoms with E-state index in [1.165, 1.54) is 40.9 Å². The third kappa shape index (κ3) is 4.08. The van der Waals surface area contributed by atoms with Crippen LogP contribution in [-0.2, 0) is 12.8 Å². The number of thiazole rings is 1. The molecule has 1 fully saturated rings. The van der Waals surface area contributed by atoms with Gasteiger partial charge in [-0.05, 0) is 57.1 Å². The third-order valence-electron chi connectivity index (χ3n) is 5.63. The van der Waals surface area contributed by atoms with Crippen molar-refractivity contribution < 1.29 is 4.79 Å². The first kappa shape index (κ1) is 18.2. The Hall–Kier alpha value is -2.15. The topological polar surface area (TPSA) is 78.1 Å². The van der Waals surface area contributed by atoms with E-state index >= 15 is 0 Å². The lowest BCUT2D eigenvalue weighted by atomic mass is 9.97. The second-order valence-electron chi connectivity index (χ2n) is 7.55. The number of amides is 2. The molecule has 1 aliphatic heterocycles. The van der Waals surface area contributed by atoms with Gasteiger partial charge in [0, 0.05) is 36.1 Å². The maximum Gasteiger partial charge on any atom is 0.317 e. The van der Waals surface area contributed by atoms with Gasteiger partial charge in [0.1, 0.15) is 0 Å². The second-order valence-corrected chi connectivity index (χ2v) is 8.66. The van der Waals surface area contributed by atoms with Crippen LogP contribution in [0.4, 0.5) is 4.79 Å². The highest BCUT2D eigenvalue weighted by molar-refractivity contribution is 7.11. The van der Waals surface area contributed by atoms with Gasteiger partial charge in [0.25, 0.3) is 0 Å². The summed E-state index contributed by atoms with van der Waals surface area (Å²) in [5, 5.41) is 4.29. The standard InChI is InChI=1S/C20H26N4O2S/c1-13(15-6-9-21-18(25)12-15)22-20(26)24-10-7-14(8-11-24)19-23-16-4-2-3-5-17(16)27-19/h6,9,12-14H,2-5,7-8,10-11H2,1H3,(H,21,25)(H,22,26)/t13-/m0/s1. The Bertz CT molecular complexity index is 843. The van der Waals surface area contributed by atoms with Crippen LogP contribution in [0.5, 0.6) is 0 Å². The van der Waals surface area contributed by atoms with E-state index in [1.807, 2.05) is 29.2 Å². The van der Waals surface area contributed by atoms with Gasteiger partial charge in [-0.3, -0.25) is 4.79 Å². The van der Waals surface area contributed by atoms with Crippen LogP contribution in [0, 0.1) is 0 Å². The summed E-state index contributed by atoms with van der Waals surface area (Å²) in [7, 11) is 0. The van der Waals surface area contributed by atoms with Crippen LogP contribution in [0.15, 0.2) is 23.1 Å². The number of rotatable bonds is 3. The average molecular weight is 387 g/mol. The van der Waals surface area contributed by atoms with Gasteiger partial charge in [-0.15, -0.1) is 11.3 Å². The number of urea groups is 1. The molecular weight excluding hydrogens is 360 g/mol. The number of aryl methyl sites for hydroxylation is 2. The minimum absolute atomic E-state index is 0.0559. The molecule has 2 amide bonds. The molecule has 2 aromatic heterocycles. The van der Waals surface area contributed by atoms with Crippen molar-refractivity contribution in [2.75, 3.05) is 13.1 Å². The molecule has 4 rings (SSSR count). The maximum absolute atomic E-state index is 12.6. The summed E-state index contributed by atoms with van der Waals surface area (Å²) in [6.45, 7) is 3.41. The van der Waals surface area contributed by atoms with Crippen molar-refractivity contribution in [1.82, 2.24) is 20.2 Å². The first-order valence-electron chi connectivity index (χ1n) is 9.82. The Labute approximate surface area is 163 Å². The Morgan fingerprint density at radius 1 is 1.33 bits per heavy atom. The minimum Gasteiger partial charge on any atom is -0.331 e. The van der Waals surface area contributed by atoms with Crippen LogP contribution in [0.25, 0.3) is 0 Å². The summed E-state index contributed by atoms with van der Waals surface area (Å²) in [6, 6.07) is 3.10. The number of pyridine rings is 1. The molecule has 144 valence electrons. The van der Waals surface area contributed by atoms with Crippen LogP contribution in [0.3, 0.4) is 0 Å². The van der Waals surface area contributed by atoms with Crippen molar-refractivity contribution in [1.29, 1.82) is 0 Å². The second kappa shape index (κ2) is 7.84. The first-order valence-corrected chi connectivity index (χ1v) is 10.6. The fourth-order valence-electron chi connectivity index (χ4n) is 3.97. The molecule has 1 saturated heterocycles. The normalized spacial score (nSPS) is 18.8. The number of aromatic amines is 1. The van der Waals surface area contributed by atoms with Crippen molar-refractivity contribution >= 4 is 17.4 Å². The molecule has 0 saturated carbocycles. The monoisotopic (exact) mass is 386 g/mol. The van der Waals surface area contributed by atoms with Crippen LogP contribution >= 0.6 is 11.3 Å². The van der Waals surface area contributed by atoms with Crippen molar-refractivity contribution in [2.24, 2.45) is 0 Å². The molecule has 3 heterocycles. The molecule has 2 aromatic rings. The minimum atomic E-state index is -0.191. The summed E-state index contributed by atoms with van der Waals surface area (Å²) in [4.78, 5) is 34.9. The molecule has 1 aliphatic carbocycles. The van der Waals surface area contributed by atoms with Gasteiger partial charge in [-0.1, -0.05) is 0 Å². The molecule has 0 spiro atoms. The number of nitrogens with one attached hydrogen (secondary N) is 2. The molecule has 0 radical (unpaired) electrons. The quantitative estimate of drug-likeness (QED) is 0.849. The zero-order chi connectivity index (χ0) is 18.8. The van der Waals surface area contributed by atoms with Gasteiger partial charge < -0.3 is 15.2 Å². The van der Waals surface area contributed by atoms with Crippen LogP contribution in [-0.4, -0.2) is 34.0 Å². The van der Waals surface area contributed by atoms with E-state index in [0.29, 0.717) is 5.92 Å². The van der Waals surface area contributed by atoms with Crippen LogP contribution in [0.1, 0.15) is 65.7 Å². The van der Waals surface area contributed by atoms with Gasteiger partial charge in [0.2, 0.25) is 5.56 Å². The van der Waals surface area contributed by atoms with Gasteiger partial charge >= 0.3 is 6.03 Å². The lowest BCUT2D eigenvalue weighted by molar-refractivity contribution is 0.178. The summed E-state index contributed by atoms with van der Waals surface area (Å²) in [5.41, 5.74) is 1.99. The highest BCUT2D eigenvalue weighted by Crippen LogP contribution is 2.35. The van der Waals surface area contributed by atoms with Gasteiger partial charge in [0.15, 0.2) is 0 Å². The van der Waals surface area contributed by atoms with E-state index < -0.39 is 0 Å². The fourth-order valence-corrected chi connectivity index (χ4v) is 5.29. The molecule has 6 nitrogen and oxygen atoms in total. The SMILES string of the molecule is C[C@H](NC(=O)N1CCC(c2nc3c(s2)CCCC3)CC1)c1cc[nH]c(=O)c1. The molecule has 0 aromatic carbocycles. The van der Waals surface area contributed by atoms with Gasteiger partial charge in [0.05, 0.1) is 16.7 Å². The summed E-state index contributed by atoms with van der Waals surface area (Å²) in [6.07, 6.45) is 8.43. The average Bonchev–Trinajstić information content (AvgIpc) is 3.12. The molecule has 2 N–H and O–H groups in total. The Kier molecular flexibility index (Phi) is 5.29. The highest BCUT2D eigenvalue weighted by atomic mass is 32.1. The van der Waals surface area contributed by atoms with Crippen LogP contribution < -0.4 is 10.9 Å². The number of carbonyl (C=O) groups excluding carboxylic acids is 1. The van der Waals surface area contributed by atoms with E-state index in [9.17, 15) is 9.59 Å². The molecule has 2 aliphatic rings. The van der Waals surface area contributed by atoms with Crippen LogP contribution in [0.2, 0.25) is 0 Å². The van der Waals surface area contributed by atoms with Gasteiger partial charge in [-0.2, -0.15) is 0 Å². The predicted octanol–water partition coefficient (Wildman–Crippen LogP) is 3.36. The number of likely N-dealkylation sites (tertiary alicyclic amines) is 1. The predicted molar refractivity (Wildman–Crippen MR) is 106 cm³/mol. The number of nitrogens with zero attached hydrogens (tertiary/aromatic N) is 2. The number of fused-ring (bicyclic) bond motifs is 1. The van der Waals surface area contributed by atoms with E-state index in [1.54, 1.807) is 6.20 Å². The zero-order valence-corrected chi connectivity index (χ0v) is 16.5. The number of piperidine rings is 1. The molecular formula is C20H26N4O2S. The maximum atomic E-state index is 12.6. The van der Waals surface area contributed by atoms with Crippen molar-refractivity contribution in [3.63, 3.8) is 0 Å². The summed E-state index contributed by atoms with van der Waals surface area (Å²) in [5.74, 6) is 0.481. The van der Waals surface area contributed by atoms with E-state index in [4.69, 9.17) is 4.98 Å². The Morgan fingerprint density at radius 2 is 2.11 bits per heavy atom. The number of H-pyrrole nitrogens is 1. The molecule has 7 heteroatoms. The number of carbonyl (C=O) groups is 1. The molecule has 1 atom stereocenters. The first-order chi connectivity index (χ1) is 13.1. The number of aromatic nitrogens is 2. The van der Waals surface area contributed by atoms with Gasteiger partial charge in [-0.25, -0.2) is 9.78 Å². The third-order valence-corrected chi connectivity index (χ3v) is 6.95. The molecule has 27 heavy (non-hydrogen) atoms. The van der Waals surface area contributed by atoms with E-state index in [0.717, 1.165) is 37.9 Å². The highest BCUT2D eigenvalue weighted by Gasteiger charge is 2.28. The van der Waals surface area contributed by atoms with Crippen molar-refractivity contribution in [3.8, 4) is 0 Å². The Balaban J connectivity index is 1.32. The van der Waals surface area contributed by atoms with E-state index in [2.05, 4.69) is 10.3 Å². The lowest BCUT2D eigenvalue weighted by Crippen LogP contribution is -2.44. The van der Waals surface area contributed by atoms with Crippen molar-refractivity contribution in [3.05, 3.63) is 49.8 Å². The Morgan fingerprint density at radius 3 is 2.85 bits per heavy atom. The van der Waals surface area contributed by atoms with Crippen molar-refractivity contribution in [2.45, 2.75) is 57.4 Å². The number of hydrogen-bond acceptors (Lipinski definition) is 4. The van der Waals surface area contributed by atoms with E-state index in [-0.39, 0.29) is 17.6 Å². The zero-order valence-electron chi connectivity index (χ0n) is 15.7. The molecule has 0 bridgehead atoms. The lowest BCUT2D eigenvalue weighted by Gasteiger charge is -2.32. The smallest absolute Gasteiger partial charge is 0.317 e. The summed E-state index contributed by atoms with van der Waals surface area (Å²) < 4.78 is 0. The largest absolute Gasteiger partial charge is 0.331 e. The summed E-state index contributed by atoms with van der Waals surface area (Å²) >= 11 is 1.90.